The van der Waals surface area contributed by atoms with Crippen molar-refractivity contribution in [2.45, 2.75) is 30.4 Å². The highest BCUT2D eigenvalue weighted by Crippen LogP contribution is 2.38. The summed E-state index contributed by atoms with van der Waals surface area (Å²) < 4.78 is 33.8. The van der Waals surface area contributed by atoms with Gasteiger partial charge in [0.25, 0.3) is 0 Å². The molecule has 1 aromatic heterocycles. The highest BCUT2D eigenvalue weighted by atomic mass is 32.2. The Labute approximate surface area is 153 Å². The second kappa shape index (κ2) is 6.61. The molecule has 2 fully saturated rings. The first-order chi connectivity index (χ1) is 12.5. The van der Waals surface area contributed by atoms with Crippen molar-refractivity contribution in [3.63, 3.8) is 0 Å². The molecule has 3 heterocycles. The minimum absolute atomic E-state index is 0.314. The first-order valence-corrected chi connectivity index (χ1v) is 10.2. The van der Waals surface area contributed by atoms with Gasteiger partial charge in [-0.2, -0.15) is 4.31 Å². The lowest BCUT2D eigenvalue weighted by Gasteiger charge is -2.42. The standard InChI is InChI=1S/C18H22N4O3S/c1-15-7-10-19-17(20-15)21-11-8-18(9-12-21)22(13-14-25-18)26(23,24)16-5-3-2-4-6-16/h2-7,10H,8-9,11-14H2,1H3. The molecule has 4 rings (SSSR count). The molecule has 1 spiro atoms. The van der Waals surface area contributed by atoms with Crippen molar-refractivity contribution in [3.8, 4) is 0 Å². The summed E-state index contributed by atoms with van der Waals surface area (Å²) in [4.78, 5) is 11.2. The smallest absolute Gasteiger partial charge is 0.245 e. The summed E-state index contributed by atoms with van der Waals surface area (Å²) in [6.07, 6.45) is 2.94. The number of aromatic nitrogens is 2. The molecule has 0 aliphatic carbocycles. The van der Waals surface area contributed by atoms with Gasteiger partial charge in [0.05, 0.1) is 11.5 Å². The van der Waals surface area contributed by atoms with Crippen LogP contribution >= 0.6 is 0 Å². The van der Waals surface area contributed by atoms with Crippen LogP contribution in [0.15, 0.2) is 47.5 Å². The minimum Gasteiger partial charge on any atom is -0.358 e. The van der Waals surface area contributed by atoms with Gasteiger partial charge in [-0.15, -0.1) is 0 Å². The predicted octanol–water partition coefficient (Wildman–Crippen LogP) is 1.80. The van der Waals surface area contributed by atoms with Crippen LogP contribution in [0.3, 0.4) is 0 Å². The second-order valence-electron chi connectivity index (χ2n) is 6.67. The van der Waals surface area contributed by atoms with E-state index in [1.807, 2.05) is 19.1 Å². The Hall–Kier alpha value is -2.03. The van der Waals surface area contributed by atoms with E-state index in [0.29, 0.717) is 49.9 Å². The maximum atomic E-state index is 13.1. The molecule has 0 N–H and O–H groups in total. The Balaban J connectivity index is 1.56. The zero-order chi connectivity index (χ0) is 18.2. The summed E-state index contributed by atoms with van der Waals surface area (Å²) in [7, 11) is -3.58. The fraction of sp³-hybridized carbons (Fsp3) is 0.444. The van der Waals surface area contributed by atoms with E-state index in [1.54, 1.807) is 34.8 Å². The number of aryl methyl sites for hydroxylation is 1. The molecule has 2 saturated heterocycles. The zero-order valence-electron chi connectivity index (χ0n) is 14.7. The Morgan fingerprint density at radius 3 is 2.50 bits per heavy atom. The number of sulfonamides is 1. The third-order valence-corrected chi connectivity index (χ3v) is 7.02. The van der Waals surface area contributed by atoms with Gasteiger partial charge in [0.2, 0.25) is 16.0 Å². The molecular weight excluding hydrogens is 352 g/mol. The molecule has 0 amide bonds. The van der Waals surface area contributed by atoms with Crippen LogP contribution in [0.25, 0.3) is 0 Å². The van der Waals surface area contributed by atoms with Crippen LogP contribution in [0.5, 0.6) is 0 Å². The van der Waals surface area contributed by atoms with Crippen LogP contribution in [-0.4, -0.2) is 54.7 Å². The molecule has 2 aliphatic heterocycles. The molecule has 2 aliphatic rings. The van der Waals surface area contributed by atoms with Crippen LogP contribution in [0.1, 0.15) is 18.5 Å². The summed E-state index contributed by atoms with van der Waals surface area (Å²) in [5.41, 5.74) is 0.148. The van der Waals surface area contributed by atoms with E-state index < -0.39 is 15.7 Å². The Kier molecular flexibility index (Phi) is 4.42. The van der Waals surface area contributed by atoms with Crippen LogP contribution in [-0.2, 0) is 14.8 Å². The maximum Gasteiger partial charge on any atom is 0.245 e. The van der Waals surface area contributed by atoms with Gasteiger partial charge in [-0.1, -0.05) is 18.2 Å². The average Bonchev–Trinajstić information content (AvgIpc) is 3.07. The van der Waals surface area contributed by atoms with Gasteiger partial charge in [0.15, 0.2) is 0 Å². The van der Waals surface area contributed by atoms with Crippen molar-refractivity contribution in [3.05, 3.63) is 48.3 Å². The third-order valence-electron chi connectivity index (χ3n) is 5.06. The van der Waals surface area contributed by atoms with E-state index in [2.05, 4.69) is 14.9 Å². The van der Waals surface area contributed by atoms with Gasteiger partial charge >= 0.3 is 0 Å². The molecule has 26 heavy (non-hydrogen) atoms. The largest absolute Gasteiger partial charge is 0.358 e. The van der Waals surface area contributed by atoms with Gasteiger partial charge in [-0.05, 0) is 25.1 Å². The molecule has 1 aromatic carbocycles. The first kappa shape index (κ1) is 17.4. The van der Waals surface area contributed by atoms with Crippen molar-refractivity contribution in [2.75, 3.05) is 31.1 Å². The number of benzene rings is 1. The molecule has 2 aromatic rings. The minimum atomic E-state index is -3.58. The van der Waals surface area contributed by atoms with E-state index in [9.17, 15) is 8.42 Å². The van der Waals surface area contributed by atoms with Crippen molar-refractivity contribution >= 4 is 16.0 Å². The number of hydrogen-bond donors (Lipinski definition) is 0. The van der Waals surface area contributed by atoms with Crippen LogP contribution in [0.4, 0.5) is 5.95 Å². The summed E-state index contributed by atoms with van der Waals surface area (Å²) >= 11 is 0. The van der Waals surface area contributed by atoms with Crippen molar-refractivity contribution in [2.24, 2.45) is 0 Å². The number of anilines is 1. The highest BCUT2D eigenvalue weighted by Gasteiger charge is 2.50. The van der Waals surface area contributed by atoms with Gasteiger partial charge in [0, 0.05) is 44.4 Å². The molecule has 8 heteroatoms. The van der Waals surface area contributed by atoms with E-state index in [1.165, 1.54) is 0 Å². The number of rotatable bonds is 3. The Bertz CT molecular complexity index is 880. The first-order valence-electron chi connectivity index (χ1n) is 8.78. The van der Waals surface area contributed by atoms with Crippen molar-refractivity contribution in [1.82, 2.24) is 14.3 Å². The van der Waals surface area contributed by atoms with Gasteiger partial charge in [-0.25, -0.2) is 18.4 Å². The average molecular weight is 374 g/mol. The number of piperidine rings is 1. The summed E-state index contributed by atoms with van der Waals surface area (Å²) in [5.74, 6) is 0.690. The number of hydrogen-bond acceptors (Lipinski definition) is 6. The molecule has 7 nitrogen and oxygen atoms in total. The summed E-state index contributed by atoms with van der Waals surface area (Å²) in [6, 6.07) is 10.4. The fourth-order valence-corrected chi connectivity index (χ4v) is 5.43. The van der Waals surface area contributed by atoms with E-state index in [4.69, 9.17) is 4.74 Å². The van der Waals surface area contributed by atoms with Gasteiger partial charge in [0.1, 0.15) is 5.72 Å². The van der Waals surface area contributed by atoms with Crippen molar-refractivity contribution in [1.29, 1.82) is 0 Å². The number of nitrogens with zero attached hydrogens (tertiary/aromatic N) is 4. The summed E-state index contributed by atoms with van der Waals surface area (Å²) in [6.45, 7) is 4.06. The SMILES string of the molecule is Cc1ccnc(N2CCC3(CC2)OCCN3S(=O)(=O)c2ccccc2)n1. The zero-order valence-corrected chi connectivity index (χ0v) is 15.5. The van der Waals surface area contributed by atoms with E-state index in [0.717, 1.165) is 5.69 Å². The number of ether oxygens (including phenoxy) is 1. The molecule has 0 unspecified atom stereocenters. The van der Waals surface area contributed by atoms with Crippen LogP contribution < -0.4 is 4.90 Å². The van der Waals surface area contributed by atoms with E-state index in [-0.39, 0.29) is 0 Å². The molecule has 138 valence electrons. The molecule has 0 atom stereocenters. The maximum absolute atomic E-state index is 13.1. The lowest BCUT2D eigenvalue weighted by atomic mass is 10.0. The molecule has 0 saturated carbocycles. The monoisotopic (exact) mass is 374 g/mol. The topological polar surface area (TPSA) is 75.6 Å². The highest BCUT2D eigenvalue weighted by molar-refractivity contribution is 7.89. The second-order valence-corrected chi connectivity index (χ2v) is 8.53. The quantitative estimate of drug-likeness (QED) is 0.816. The van der Waals surface area contributed by atoms with Crippen molar-refractivity contribution < 1.29 is 13.2 Å². The fourth-order valence-electron chi connectivity index (χ4n) is 3.69. The van der Waals surface area contributed by atoms with Crippen LogP contribution in [0, 0.1) is 6.92 Å². The Morgan fingerprint density at radius 1 is 1.08 bits per heavy atom. The summed E-state index contributed by atoms with van der Waals surface area (Å²) in [5, 5.41) is 0. The van der Waals surface area contributed by atoms with Gasteiger partial charge < -0.3 is 9.64 Å². The van der Waals surface area contributed by atoms with Crippen LogP contribution in [0.2, 0.25) is 0 Å². The molecule has 0 radical (unpaired) electrons. The van der Waals surface area contributed by atoms with Gasteiger partial charge in [-0.3, -0.25) is 0 Å². The third kappa shape index (κ3) is 2.98. The molecular formula is C18H22N4O3S. The lowest BCUT2D eigenvalue weighted by Crippen LogP contribution is -2.55. The lowest BCUT2D eigenvalue weighted by molar-refractivity contribution is -0.0665. The van der Waals surface area contributed by atoms with E-state index >= 15 is 0 Å². The normalized spacial score (nSPS) is 20.6. The predicted molar refractivity (Wildman–Crippen MR) is 97.2 cm³/mol. The molecule has 0 bridgehead atoms. The Morgan fingerprint density at radius 2 is 1.81 bits per heavy atom.